The fourth-order valence-corrected chi connectivity index (χ4v) is 6.09. The topological polar surface area (TPSA) is 86.8 Å². The van der Waals surface area contributed by atoms with Gasteiger partial charge in [0.1, 0.15) is 6.04 Å². The van der Waals surface area contributed by atoms with Crippen LogP contribution in [0.3, 0.4) is 0 Å². The third kappa shape index (κ3) is 9.88. The van der Waals surface area contributed by atoms with E-state index in [1.54, 1.807) is 17.0 Å². The van der Waals surface area contributed by atoms with E-state index in [0.717, 1.165) is 35.1 Å². The van der Waals surface area contributed by atoms with Gasteiger partial charge >= 0.3 is 0 Å². The predicted octanol–water partition coefficient (Wildman–Crippen LogP) is 6.06. The zero-order valence-electron chi connectivity index (χ0n) is 25.0. The van der Waals surface area contributed by atoms with Crippen molar-refractivity contribution in [2.45, 2.75) is 65.5 Å². The third-order valence-corrected chi connectivity index (χ3v) is 8.54. The first kappa shape index (κ1) is 33.1. The second kappa shape index (κ2) is 15.8. The van der Waals surface area contributed by atoms with Gasteiger partial charge in [-0.1, -0.05) is 79.5 Å². The summed E-state index contributed by atoms with van der Waals surface area (Å²) >= 11 is 6.26. The molecule has 0 radical (unpaired) electrons. The van der Waals surface area contributed by atoms with Crippen molar-refractivity contribution in [2.75, 3.05) is 23.7 Å². The number of nitrogens with zero attached hydrogens (tertiary/aromatic N) is 2. The number of anilines is 1. The van der Waals surface area contributed by atoms with E-state index < -0.39 is 16.1 Å². The molecule has 0 aromatic heterocycles. The van der Waals surface area contributed by atoms with Crippen LogP contribution in [0.1, 0.15) is 54.9 Å². The highest BCUT2D eigenvalue weighted by atomic mass is 35.5. The number of benzene rings is 3. The molecule has 0 saturated heterocycles. The van der Waals surface area contributed by atoms with Crippen molar-refractivity contribution in [1.82, 2.24) is 10.2 Å². The van der Waals surface area contributed by atoms with Crippen molar-refractivity contribution < 1.29 is 18.0 Å². The van der Waals surface area contributed by atoms with Crippen LogP contribution in [-0.2, 0) is 32.6 Å². The summed E-state index contributed by atoms with van der Waals surface area (Å²) in [5.41, 5.74) is 4.15. The molecule has 1 N–H and O–H groups in total. The van der Waals surface area contributed by atoms with Crippen molar-refractivity contribution in [3.8, 4) is 0 Å². The first-order valence-corrected chi connectivity index (χ1v) is 16.6. The van der Waals surface area contributed by atoms with Crippen LogP contribution < -0.4 is 9.62 Å². The molecule has 0 aliphatic rings. The number of rotatable bonds is 15. The molecular weight excluding hydrogens is 570 g/mol. The van der Waals surface area contributed by atoms with E-state index in [-0.39, 0.29) is 31.3 Å². The minimum absolute atomic E-state index is 0.0744. The summed E-state index contributed by atoms with van der Waals surface area (Å²) in [6, 6.07) is 21.8. The van der Waals surface area contributed by atoms with E-state index in [1.165, 1.54) is 10.6 Å². The molecule has 3 aromatic rings. The monoisotopic (exact) mass is 611 g/mol. The Bertz CT molecular complexity index is 1450. The van der Waals surface area contributed by atoms with Gasteiger partial charge in [0.05, 0.1) is 11.9 Å². The summed E-state index contributed by atoms with van der Waals surface area (Å²) in [6.07, 6.45) is 3.67. The average Bonchev–Trinajstić information content (AvgIpc) is 2.94. The first-order valence-electron chi connectivity index (χ1n) is 14.4. The Hall–Kier alpha value is -3.36. The molecule has 0 spiro atoms. The Morgan fingerprint density at radius 1 is 0.929 bits per heavy atom. The van der Waals surface area contributed by atoms with Gasteiger partial charge in [-0.2, -0.15) is 0 Å². The molecule has 42 heavy (non-hydrogen) atoms. The number of carbonyl (C=O) groups excluding carboxylic acids is 2. The zero-order chi connectivity index (χ0) is 30.7. The molecule has 0 saturated carbocycles. The fourth-order valence-electron chi connectivity index (χ4n) is 4.86. The average molecular weight is 612 g/mol. The maximum absolute atomic E-state index is 13.9. The number of hydrogen-bond acceptors (Lipinski definition) is 4. The van der Waals surface area contributed by atoms with Crippen molar-refractivity contribution in [2.24, 2.45) is 0 Å². The van der Waals surface area contributed by atoms with Crippen molar-refractivity contribution in [1.29, 1.82) is 0 Å². The Labute approximate surface area is 255 Å². The van der Waals surface area contributed by atoms with Crippen LogP contribution in [0.2, 0.25) is 5.02 Å². The molecule has 0 aliphatic carbocycles. The molecule has 1 atom stereocenters. The largest absolute Gasteiger partial charge is 0.354 e. The standard InChI is InChI=1S/C33H42ClN3O4S/c1-5-6-19-35-33(39)31(23-27-12-8-7-9-13-27)36(24-28-14-10-15-29(34)22-28)32(38)16-11-20-37(42(4,40)41)30-21-25(2)17-18-26(30)3/h7-10,12-15,17-18,21-22,31H,5-6,11,16,19-20,23-24H2,1-4H3,(H,35,39). The molecule has 9 heteroatoms. The van der Waals surface area contributed by atoms with E-state index in [4.69, 9.17) is 11.6 Å². The molecule has 0 heterocycles. The molecule has 7 nitrogen and oxygen atoms in total. The molecule has 2 amide bonds. The summed E-state index contributed by atoms with van der Waals surface area (Å²) in [6.45, 7) is 6.71. The molecular formula is C33H42ClN3O4S. The highest BCUT2D eigenvalue weighted by Crippen LogP contribution is 2.25. The van der Waals surface area contributed by atoms with Crippen LogP contribution in [0.25, 0.3) is 0 Å². The quantitative estimate of drug-likeness (QED) is 0.212. The smallest absolute Gasteiger partial charge is 0.243 e. The summed E-state index contributed by atoms with van der Waals surface area (Å²) in [5, 5.41) is 3.56. The summed E-state index contributed by atoms with van der Waals surface area (Å²) in [7, 11) is -3.58. The number of sulfonamides is 1. The predicted molar refractivity (Wildman–Crippen MR) is 171 cm³/mol. The van der Waals surface area contributed by atoms with Gasteiger partial charge in [0.25, 0.3) is 0 Å². The summed E-state index contributed by atoms with van der Waals surface area (Å²) < 4.78 is 26.9. The van der Waals surface area contributed by atoms with Gasteiger partial charge in [-0.3, -0.25) is 13.9 Å². The van der Waals surface area contributed by atoms with E-state index in [9.17, 15) is 18.0 Å². The molecule has 3 rings (SSSR count). The fraction of sp³-hybridized carbons (Fsp3) is 0.394. The Balaban J connectivity index is 1.89. The SMILES string of the molecule is CCCCNC(=O)C(Cc1ccccc1)N(Cc1cccc(Cl)c1)C(=O)CCCN(c1cc(C)ccc1C)S(C)(=O)=O. The Kier molecular flexibility index (Phi) is 12.4. The maximum atomic E-state index is 13.9. The lowest BCUT2D eigenvalue weighted by Crippen LogP contribution is -2.50. The number of unbranched alkanes of at least 4 members (excludes halogenated alkanes) is 1. The van der Waals surface area contributed by atoms with E-state index in [2.05, 4.69) is 12.2 Å². The van der Waals surface area contributed by atoms with Crippen LogP contribution in [-0.4, -0.2) is 50.5 Å². The van der Waals surface area contributed by atoms with Crippen LogP contribution in [0.4, 0.5) is 5.69 Å². The van der Waals surface area contributed by atoms with Gasteiger partial charge in [0.15, 0.2) is 0 Å². The number of nitrogens with one attached hydrogen (secondary N) is 1. The number of aryl methyl sites for hydroxylation is 2. The highest BCUT2D eigenvalue weighted by Gasteiger charge is 2.30. The molecule has 0 bridgehead atoms. The van der Waals surface area contributed by atoms with Crippen molar-refractivity contribution in [3.05, 3.63) is 100 Å². The van der Waals surface area contributed by atoms with E-state index >= 15 is 0 Å². The number of amides is 2. The van der Waals surface area contributed by atoms with Crippen molar-refractivity contribution >= 4 is 39.1 Å². The second-order valence-corrected chi connectivity index (χ2v) is 13.1. The Morgan fingerprint density at radius 2 is 1.64 bits per heavy atom. The van der Waals surface area contributed by atoms with Gasteiger partial charge in [-0.15, -0.1) is 0 Å². The normalized spacial score (nSPS) is 12.0. The lowest BCUT2D eigenvalue weighted by atomic mass is 10.0. The number of halogens is 1. The van der Waals surface area contributed by atoms with E-state index in [1.807, 2.05) is 74.5 Å². The molecule has 1 unspecified atom stereocenters. The third-order valence-electron chi connectivity index (χ3n) is 7.13. The Morgan fingerprint density at radius 3 is 2.31 bits per heavy atom. The second-order valence-electron chi connectivity index (χ2n) is 10.7. The van der Waals surface area contributed by atoms with Crippen LogP contribution in [0.15, 0.2) is 72.8 Å². The number of carbonyl (C=O) groups is 2. The van der Waals surface area contributed by atoms with Crippen LogP contribution >= 0.6 is 11.6 Å². The van der Waals surface area contributed by atoms with Crippen molar-refractivity contribution in [3.63, 3.8) is 0 Å². The number of hydrogen-bond donors (Lipinski definition) is 1. The molecule has 3 aromatic carbocycles. The van der Waals surface area contributed by atoms with Crippen LogP contribution in [0.5, 0.6) is 0 Å². The van der Waals surface area contributed by atoms with E-state index in [0.29, 0.717) is 30.1 Å². The van der Waals surface area contributed by atoms with Gasteiger partial charge in [0.2, 0.25) is 21.8 Å². The minimum Gasteiger partial charge on any atom is -0.354 e. The summed E-state index contributed by atoms with van der Waals surface area (Å²) in [5.74, 6) is -0.438. The summed E-state index contributed by atoms with van der Waals surface area (Å²) in [4.78, 5) is 29.1. The highest BCUT2D eigenvalue weighted by molar-refractivity contribution is 7.92. The zero-order valence-corrected chi connectivity index (χ0v) is 26.5. The molecule has 0 aliphatic heterocycles. The van der Waals surface area contributed by atoms with Crippen LogP contribution in [0, 0.1) is 13.8 Å². The molecule has 0 fully saturated rings. The minimum atomic E-state index is -3.58. The van der Waals surface area contributed by atoms with Gasteiger partial charge in [-0.05, 0) is 67.1 Å². The lowest BCUT2D eigenvalue weighted by Gasteiger charge is -2.32. The lowest BCUT2D eigenvalue weighted by molar-refractivity contribution is -0.141. The molecule has 226 valence electrons. The van der Waals surface area contributed by atoms with Gasteiger partial charge < -0.3 is 10.2 Å². The maximum Gasteiger partial charge on any atom is 0.243 e. The first-order chi connectivity index (χ1) is 20.0. The van der Waals surface area contributed by atoms with Gasteiger partial charge in [-0.25, -0.2) is 8.42 Å². The van der Waals surface area contributed by atoms with Gasteiger partial charge in [0, 0.05) is 37.5 Å².